The summed E-state index contributed by atoms with van der Waals surface area (Å²) in [7, 11) is 0. The molecule has 0 unspecified atom stereocenters. The van der Waals surface area contributed by atoms with E-state index in [-0.39, 0.29) is 6.61 Å². The molecule has 0 fully saturated rings. The number of hydrogen-bond donors (Lipinski definition) is 1. The maximum absolute atomic E-state index is 8.79. The molecule has 80 valence electrons. The summed E-state index contributed by atoms with van der Waals surface area (Å²) in [6.45, 7) is 5.29. The molecular weight excluding hydrogens is 178 g/mol. The smallest absolute Gasteiger partial charge is 0.0879 e. The van der Waals surface area contributed by atoms with Crippen molar-refractivity contribution in [3.63, 3.8) is 0 Å². The van der Waals surface area contributed by atoms with Crippen LogP contribution in [0.1, 0.15) is 37.6 Å². The number of rotatable bonds is 6. The van der Waals surface area contributed by atoms with Gasteiger partial charge in [0.1, 0.15) is 0 Å². The average Bonchev–Trinajstić information content (AvgIpc) is 2.51. The van der Waals surface area contributed by atoms with Gasteiger partial charge in [0.05, 0.1) is 11.4 Å². The molecule has 1 N–H and O–H groups in total. The van der Waals surface area contributed by atoms with E-state index in [9.17, 15) is 0 Å². The molecule has 4 heteroatoms. The Balaban J connectivity index is 2.51. The van der Waals surface area contributed by atoms with Gasteiger partial charge < -0.3 is 5.11 Å². The minimum Gasteiger partial charge on any atom is -0.396 e. The van der Waals surface area contributed by atoms with Crippen LogP contribution in [-0.2, 0) is 13.0 Å². The second kappa shape index (κ2) is 5.75. The van der Waals surface area contributed by atoms with Gasteiger partial charge in [0.15, 0.2) is 0 Å². The first-order valence-corrected chi connectivity index (χ1v) is 5.29. The molecule has 0 aliphatic carbocycles. The lowest BCUT2D eigenvalue weighted by Gasteiger charge is -2.02. The number of aliphatic hydroxyl groups excluding tert-OH is 1. The molecule has 1 rings (SSSR count). The third kappa shape index (κ3) is 2.80. The molecule has 1 heterocycles. The zero-order valence-electron chi connectivity index (χ0n) is 9.03. The van der Waals surface area contributed by atoms with Crippen molar-refractivity contribution in [1.29, 1.82) is 0 Å². The predicted molar refractivity (Wildman–Crippen MR) is 55.1 cm³/mol. The highest BCUT2D eigenvalue weighted by molar-refractivity contribution is 5.07. The van der Waals surface area contributed by atoms with E-state index >= 15 is 0 Å². The number of unbranched alkanes of at least 4 members (excludes halogenated alkanes) is 2. The first-order valence-electron chi connectivity index (χ1n) is 5.29. The van der Waals surface area contributed by atoms with Crippen molar-refractivity contribution >= 4 is 0 Å². The molecule has 0 atom stereocenters. The van der Waals surface area contributed by atoms with E-state index in [0.29, 0.717) is 6.42 Å². The molecule has 0 radical (unpaired) electrons. The average molecular weight is 197 g/mol. The van der Waals surface area contributed by atoms with Gasteiger partial charge in [-0.15, -0.1) is 5.10 Å². The van der Waals surface area contributed by atoms with Crippen molar-refractivity contribution in [2.45, 2.75) is 46.1 Å². The van der Waals surface area contributed by atoms with Crippen LogP contribution < -0.4 is 0 Å². The van der Waals surface area contributed by atoms with E-state index in [1.165, 1.54) is 12.8 Å². The van der Waals surface area contributed by atoms with Gasteiger partial charge in [0.2, 0.25) is 0 Å². The van der Waals surface area contributed by atoms with Crippen molar-refractivity contribution < 1.29 is 5.11 Å². The molecule has 0 aromatic carbocycles. The Hall–Kier alpha value is -0.900. The van der Waals surface area contributed by atoms with E-state index in [1.807, 2.05) is 11.6 Å². The van der Waals surface area contributed by atoms with Crippen LogP contribution in [0.5, 0.6) is 0 Å². The van der Waals surface area contributed by atoms with Crippen molar-refractivity contribution in [2.24, 2.45) is 0 Å². The topological polar surface area (TPSA) is 50.9 Å². The molecule has 0 saturated carbocycles. The monoisotopic (exact) mass is 197 g/mol. The fourth-order valence-corrected chi connectivity index (χ4v) is 1.46. The maximum Gasteiger partial charge on any atom is 0.0879 e. The van der Waals surface area contributed by atoms with E-state index in [2.05, 4.69) is 17.2 Å². The van der Waals surface area contributed by atoms with Crippen molar-refractivity contribution in [3.8, 4) is 0 Å². The van der Waals surface area contributed by atoms with E-state index < -0.39 is 0 Å². The van der Waals surface area contributed by atoms with E-state index in [1.54, 1.807) is 0 Å². The van der Waals surface area contributed by atoms with Gasteiger partial charge >= 0.3 is 0 Å². The van der Waals surface area contributed by atoms with E-state index in [0.717, 1.165) is 24.4 Å². The fraction of sp³-hybridized carbons (Fsp3) is 0.800. The minimum atomic E-state index is 0.147. The van der Waals surface area contributed by atoms with Gasteiger partial charge in [-0.25, -0.2) is 4.68 Å². The summed E-state index contributed by atoms with van der Waals surface area (Å²) < 4.78 is 1.93. The van der Waals surface area contributed by atoms with Gasteiger partial charge in [-0.1, -0.05) is 25.0 Å². The van der Waals surface area contributed by atoms with Gasteiger partial charge in [-0.2, -0.15) is 0 Å². The Morgan fingerprint density at radius 2 is 2.14 bits per heavy atom. The van der Waals surface area contributed by atoms with Crippen LogP contribution in [0.25, 0.3) is 0 Å². The van der Waals surface area contributed by atoms with Crippen LogP contribution in [0.15, 0.2) is 0 Å². The Bertz CT molecular complexity index is 270. The fourth-order valence-electron chi connectivity index (χ4n) is 1.46. The molecule has 0 bridgehead atoms. The Morgan fingerprint density at radius 3 is 2.79 bits per heavy atom. The molecule has 0 amide bonds. The number of aromatic nitrogens is 3. The van der Waals surface area contributed by atoms with Crippen molar-refractivity contribution in [1.82, 2.24) is 15.0 Å². The zero-order chi connectivity index (χ0) is 10.4. The summed E-state index contributed by atoms with van der Waals surface area (Å²) in [4.78, 5) is 0. The van der Waals surface area contributed by atoms with Gasteiger partial charge in [0.25, 0.3) is 0 Å². The second-order valence-electron chi connectivity index (χ2n) is 3.53. The van der Waals surface area contributed by atoms with Gasteiger partial charge in [-0.05, 0) is 13.3 Å². The molecule has 0 saturated heterocycles. The molecule has 0 spiro atoms. The summed E-state index contributed by atoms with van der Waals surface area (Å²) in [5.41, 5.74) is 2.01. The highest BCUT2D eigenvalue weighted by Crippen LogP contribution is 2.06. The lowest BCUT2D eigenvalue weighted by molar-refractivity contribution is 0.298. The minimum absolute atomic E-state index is 0.147. The summed E-state index contributed by atoms with van der Waals surface area (Å²) in [6.07, 6.45) is 4.21. The summed E-state index contributed by atoms with van der Waals surface area (Å²) >= 11 is 0. The Kier molecular flexibility index (Phi) is 4.59. The Labute approximate surface area is 84.9 Å². The molecule has 14 heavy (non-hydrogen) atoms. The predicted octanol–water partition coefficient (Wildman–Crippen LogP) is 1.31. The number of nitrogens with zero attached hydrogens (tertiary/aromatic N) is 3. The zero-order valence-corrected chi connectivity index (χ0v) is 9.03. The van der Waals surface area contributed by atoms with Crippen LogP contribution in [0.3, 0.4) is 0 Å². The molecular formula is C10H19N3O. The third-order valence-corrected chi connectivity index (χ3v) is 2.40. The molecule has 0 aliphatic rings. The highest BCUT2D eigenvalue weighted by Gasteiger charge is 2.06. The SMILES string of the molecule is CCCCCn1nnc(CCO)c1C. The Morgan fingerprint density at radius 1 is 1.36 bits per heavy atom. The third-order valence-electron chi connectivity index (χ3n) is 2.40. The van der Waals surface area contributed by atoms with E-state index in [4.69, 9.17) is 5.11 Å². The van der Waals surface area contributed by atoms with Crippen LogP contribution in [0, 0.1) is 6.92 Å². The van der Waals surface area contributed by atoms with Crippen molar-refractivity contribution in [2.75, 3.05) is 6.61 Å². The van der Waals surface area contributed by atoms with Crippen LogP contribution in [-0.4, -0.2) is 26.7 Å². The first-order chi connectivity index (χ1) is 6.79. The summed E-state index contributed by atoms with van der Waals surface area (Å²) in [5.74, 6) is 0. The number of aliphatic hydroxyl groups is 1. The van der Waals surface area contributed by atoms with Gasteiger partial charge in [0, 0.05) is 19.6 Å². The highest BCUT2D eigenvalue weighted by atomic mass is 16.3. The first kappa shape index (κ1) is 11.2. The van der Waals surface area contributed by atoms with Crippen LogP contribution in [0.4, 0.5) is 0 Å². The lowest BCUT2D eigenvalue weighted by Crippen LogP contribution is -2.03. The van der Waals surface area contributed by atoms with Gasteiger partial charge in [-0.3, -0.25) is 0 Å². The summed E-state index contributed by atoms with van der Waals surface area (Å²) in [6, 6.07) is 0. The number of aryl methyl sites for hydroxylation is 1. The second-order valence-corrected chi connectivity index (χ2v) is 3.53. The number of hydrogen-bond acceptors (Lipinski definition) is 3. The van der Waals surface area contributed by atoms with Crippen LogP contribution in [0.2, 0.25) is 0 Å². The quantitative estimate of drug-likeness (QED) is 0.699. The summed E-state index contributed by atoms with van der Waals surface area (Å²) in [5, 5.41) is 16.9. The van der Waals surface area contributed by atoms with Crippen LogP contribution >= 0.6 is 0 Å². The normalized spacial score (nSPS) is 10.8. The van der Waals surface area contributed by atoms with Crippen molar-refractivity contribution in [3.05, 3.63) is 11.4 Å². The standard InChI is InChI=1S/C10H19N3O/c1-3-4-5-7-13-9(2)10(6-8-14)11-12-13/h14H,3-8H2,1-2H3. The molecule has 0 aliphatic heterocycles. The maximum atomic E-state index is 8.79. The molecule has 1 aromatic heterocycles. The lowest BCUT2D eigenvalue weighted by atomic mass is 10.2. The molecule has 4 nitrogen and oxygen atoms in total. The largest absolute Gasteiger partial charge is 0.396 e. The molecule has 1 aromatic rings.